The SMILES string of the molecule is O=CC12OCSSCC(c3cc[nH]c3)C(C3CC#CCCCc4ccccc4C=CC3)CNCC1(O)C(Oc1ccc3c(=O)c(-c4ccc(O)cc4)coc3c1)OC(C(=O)O)C2O. The standard InChI is InChI=1S/C48H48N2O11S2/c51-28-48-44(54)43(45(55)56)61-46(60-36-18-19-37-41(22-36)58-25-39(42(37)53)33-14-16-35(52)17-15-33)47(48,57)27-50-24-38(40(26-62-63-29-59-48)34-20-21-49-23-34)32-11-4-2-1-3-8-30-9-5-6-10-31(30)12-7-13-32/h5-7,9-10,12,14-23,25,28,32,38,40,43-44,46,49-50,52,54,57H,1,3,8,11,13,24,26-27,29H2,(H,55,56). The van der Waals surface area contributed by atoms with Gasteiger partial charge in [0, 0.05) is 43.6 Å². The van der Waals surface area contributed by atoms with Gasteiger partial charge in [0.2, 0.25) is 6.29 Å². The van der Waals surface area contributed by atoms with Crippen LogP contribution in [0.1, 0.15) is 48.3 Å². The highest BCUT2D eigenvalue weighted by atomic mass is 33.1. The number of ether oxygens (including phenoxy) is 3. The Kier molecular flexibility index (Phi) is 13.8. The van der Waals surface area contributed by atoms with Crippen LogP contribution in [-0.4, -0.2) is 92.1 Å². The van der Waals surface area contributed by atoms with Crippen LogP contribution in [0.15, 0.2) is 107 Å². The van der Waals surface area contributed by atoms with Gasteiger partial charge in [-0.25, -0.2) is 4.79 Å². The maximum absolute atomic E-state index is 13.6. The summed E-state index contributed by atoms with van der Waals surface area (Å²) in [6.45, 7) is -0.126. The number of rotatable bonds is 7. The number of benzene rings is 3. The number of carbonyl (C=O) groups is 2. The Morgan fingerprint density at radius 2 is 1.89 bits per heavy atom. The molecule has 6 N–H and O–H groups in total. The molecule has 328 valence electrons. The van der Waals surface area contributed by atoms with Crippen LogP contribution in [0.2, 0.25) is 0 Å². The Bertz CT molecular complexity index is 2550. The number of carboxylic acids is 1. The van der Waals surface area contributed by atoms with E-state index in [0.29, 0.717) is 30.7 Å². The van der Waals surface area contributed by atoms with E-state index in [0.717, 1.165) is 24.8 Å². The molecule has 1 aliphatic carbocycles. The summed E-state index contributed by atoms with van der Waals surface area (Å²) in [5.41, 5.74) is -0.998. The quantitative estimate of drug-likeness (QED) is 0.0586. The molecule has 2 fully saturated rings. The molecule has 0 bridgehead atoms. The number of phenols is 1. The van der Waals surface area contributed by atoms with Crippen molar-refractivity contribution in [1.82, 2.24) is 10.3 Å². The summed E-state index contributed by atoms with van der Waals surface area (Å²) >= 11 is 0. The lowest BCUT2D eigenvalue weighted by Gasteiger charge is -2.53. The lowest BCUT2D eigenvalue weighted by atomic mass is 9.73. The number of phenolic OH excluding ortho intramolecular Hbond substituents is 1. The lowest BCUT2D eigenvalue weighted by Crippen LogP contribution is -2.80. The average Bonchev–Trinajstić information content (AvgIpc) is 3.82. The predicted molar refractivity (Wildman–Crippen MR) is 241 cm³/mol. The first-order valence-corrected chi connectivity index (χ1v) is 23.3. The highest BCUT2D eigenvalue weighted by Gasteiger charge is 2.69. The number of carboxylic acid groups (broad SMARTS) is 1. The van der Waals surface area contributed by atoms with Crippen molar-refractivity contribution in [2.75, 3.05) is 24.8 Å². The fraction of sp³-hybridized carbons (Fsp3) is 0.354. The van der Waals surface area contributed by atoms with Crippen LogP contribution in [0, 0.1) is 23.7 Å². The van der Waals surface area contributed by atoms with Crippen molar-refractivity contribution in [2.24, 2.45) is 11.8 Å². The number of nitrogens with one attached hydrogen (secondary N) is 2. The molecule has 2 aliphatic heterocycles. The summed E-state index contributed by atoms with van der Waals surface area (Å²) in [5, 5.41) is 48.2. The van der Waals surface area contributed by atoms with Gasteiger partial charge in [-0.2, -0.15) is 0 Å². The number of aromatic amines is 1. The molecule has 5 aromatic rings. The van der Waals surface area contributed by atoms with Crippen LogP contribution in [-0.2, 0) is 25.5 Å². The van der Waals surface area contributed by atoms with E-state index in [1.165, 1.54) is 69.3 Å². The molecule has 3 aliphatic rings. The molecule has 0 saturated carbocycles. The lowest BCUT2D eigenvalue weighted by molar-refractivity contribution is -0.340. The first-order valence-electron chi connectivity index (χ1n) is 20.8. The number of carbonyl (C=O) groups excluding carboxylic acids is 1. The molecule has 8 unspecified atom stereocenters. The van der Waals surface area contributed by atoms with E-state index in [1.54, 1.807) is 12.1 Å². The van der Waals surface area contributed by atoms with Gasteiger partial charge in [-0.05, 0) is 96.1 Å². The third-order valence-corrected chi connectivity index (χ3v) is 14.4. The second-order valence-corrected chi connectivity index (χ2v) is 18.5. The van der Waals surface area contributed by atoms with Crippen molar-refractivity contribution in [3.05, 3.63) is 124 Å². The molecule has 0 spiro atoms. The van der Waals surface area contributed by atoms with Gasteiger partial charge in [0.05, 0.1) is 10.9 Å². The van der Waals surface area contributed by atoms with E-state index < -0.39 is 42.2 Å². The van der Waals surface area contributed by atoms with Gasteiger partial charge >= 0.3 is 5.97 Å². The van der Waals surface area contributed by atoms with Crippen molar-refractivity contribution < 1.29 is 48.6 Å². The summed E-state index contributed by atoms with van der Waals surface area (Å²) in [7, 11) is 2.78. The second-order valence-electron chi connectivity index (χ2n) is 16.0. The Labute approximate surface area is 371 Å². The van der Waals surface area contributed by atoms with Gasteiger partial charge in [0.25, 0.3) is 0 Å². The number of β-amino-alcohol motifs (C(OH)–C–C–N with tert-alkyl or cyclic N) is 1. The topological polar surface area (TPSA) is 201 Å². The number of aromatic hydroxyl groups is 1. The zero-order valence-electron chi connectivity index (χ0n) is 34.2. The number of aryl methyl sites for hydroxylation is 1. The third kappa shape index (κ3) is 9.21. The maximum Gasteiger partial charge on any atom is 0.335 e. The van der Waals surface area contributed by atoms with Crippen LogP contribution in [0.4, 0.5) is 0 Å². The van der Waals surface area contributed by atoms with Crippen molar-refractivity contribution in [2.45, 2.75) is 67.7 Å². The number of aliphatic hydroxyl groups excluding tert-OH is 1. The van der Waals surface area contributed by atoms with Gasteiger partial charge in [0.15, 0.2) is 29.0 Å². The average molecular weight is 893 g/mol. The number of allylic oxidation sites excluding steroid dienone is 1. The minimum absolute atomic E-state index is 0.00314. The molecular weight excluding hydrogens is 845 g/mol. The predicted octanol–water partition coefficient (Wildman–Crippen LogP) is 6.52. The molecule has 8 atom stereocenters. The van der Waals surface area contributed by atoms with Crippen molar-refractivity contribution in [1.29, 1.82) is 0 Å². The van der Waals surface area contributed by atoms with Crippen LogP contribution in [0.5, 0.6) is 11.5 Å². The largest absolute Gasteiger partial charge is 0.508 e. The minimum atomic E-state index is -2.55. The summed E-state index contributed by atoms with van der Waals surface area (Å²) in [5.74, 6) is 5.72. The molecule has 3 aromatic carbocycles. The summed E-state index contributed by atoms with van der Waals surface area (Å²) < 4.78 is 24.1. The molecule has 0 amide bonds. The number of H-pyrrole nitrogens is 1. The molecule has 13 nitrogen and oxygen atoms in total. The number of hydrogen-bond donors (Lipinski definition) is 6. The minimum Gasteiger partial charge on any atom is -0.508 e. The Balaban J connectivity index is 1.14. The molecule has 4 heterocycles. The number of hydrogen-bond acceptors (Lipinski definition) is 13. The molecule has 63 heavy (non-hydrogen) atoms. The highest BCUT2D eigenvalue weighted by Crippen LogP contribution is 2.45. The van der Waals surface area contributed by atoms with E-state index >= 15 is 0 Å². The van der Waals surface area contributed by atoms with Gasteiger partial charge in [-0.1, -0.05) is 70.1 Å². The number of fused-ring (bicyclic) bond motifs is 3. The van der Waals surface area contributed by atoms with Crippen molar-refractivity contribution in [3.8, 4) is 34.5 Å². The molecular formula is C48H48N2O11S2. The molecule has 8 rings (SSSR count). The summed E-state index contributed by atoms with van der Waals surface area (Å²) in [6, 6.07) is 20.8. The van der Waals surface area contributed by atoms with Gasteiger partial charge < -0.3 is 49.4 Å². The number of aliphatic carboxylic acids is 1. The zero-order valence-corrected chi connectivity index (χ0v) is 35.8. The normalized spacial score (nSPS) is 28.3. The van der Waals surface area contributed by atoms with E-state index in [9.17, 15) is 34.8 Å². The summed E-state index contributed by atoms with van der Waals surface area (Å²) in [6.07, 6.45) is 7.67. The monoisotopic (exact) mass is 892 g/mol. The van der Waals surface area contributed by atoms with Crippen LogP contribution >= 0.6 is 21.6 Å². The first kappa shape index (κ1) is 44.3. The number of aromatic nitrogens is 1. The summed E-state index contributed by atoms with van der Waals surface area (Å²) in [4.78, 5) is 42.8. The van der Waals surface area contributed by atoms with Crippen molar-refractivity contribution >= 4 is 50.9 Å². The molecule has 15 heteroatoms. The van der Waals surface area contributed by atoms with E-state index in [-0.39, 0.29) is 63.4 Å². The molecule has 2 saturated heterocycles. The van der Waals surface area contributed by atoms with Crippen molar-refractivity contribution in [3.63, 3.8) is 0 Å². The Hall–Kier alpha value is -5.31. The smallest absolute Gasteiger partial charge is 0.335 e. The third-order valence-electron chi connectivity index (χ3n) is 12.3. The second kappa shape index (κ2) is 19.6. The van der Waals surface area contributed by atoms with E-state index in [1.807, 2.05) is 18.5 Å². The van der Waals surface area contributed by atoms with E-state index in [2.05, 4.69) is 58.6 Å². The fourth-order valence-corrected chi connectivity index (χ4v) is 10.9. The van der Waals surface area contributed by atoms with Gasteiger partial charge in [-0.15, -0.1) is 11.8 Å². The van der Waals surface area contributed by atoms with Crippen LogP contribution in [0.3, 0.4) is 0 Å². The zero-order chi connectivity index (χ0) is 44.0. The highest BCUT2D eigenvalue weighted by molar-refractivity contribution is 8.76. The van der Waals surface area contributed by atoms with Crippen LogP contribution in [0.25, 0.3) is 28.2 Å². The van der Waals surface area contributed by atoms with Crippen LogP contribution < -0.4 is 15.5 Å². The van der Waals surface area contributed by atoms with Gasteiger partial charge in [-0.3, -0.25) is 9.59 Å². The van der Waals surface area contributed by atoms with E-state index in [4.69, 9.17) is 18.6 Å². The maximum atomic E-state index is 13.6. The number of aliphatic hydroxyl groups is 2. The first-order chi connectivity index (χ1) is 30.6. The van der Waals surface area contributed by atoms with Gasteiger partial charge in [0.1, 0.15) is 35.4 Å². The molecule has 0 radical (unpaired) electrons. The fourth-order valence-electron chi connectivity index (χ4n) is 8.83. The Morgan fingerprint density at radius 3 is 2.68 bits per heavy atom. The Morgan fingerprint density at radius 1 is 1.05 bits per heavy atom. The number of aldehydes is 1. The molecule has 2 aromatic heterocycles.